The van der Waals surface area contributed by atoms with Crippen LogP contribution in [-0.2, 0) is 21.0 Å². The van der Waals surface area contributed by atoms with E-state index in [0.717, 1.165) is 41.7 Å². The smallest absolute Gasteiger partial charge is 0.406 e. The highest BCUT2D eigenvalue weighted by Gasteiger charge is 2.31. The second kappa shape index (κ2) is 8.74. The van der Waals surface area contributed by atoms with Crippen molar-refractivity contribution in [2.24, 2.45) is 0 Å². The van der Waals surface area contributed by atoms with Crippen molar-refractivity contribution in [1.29, 1.82) is 0 Å². The molecule has 1 N–H and O–H groups in total. The van der Waals surface area contributed by atoms with Gasteiger partial charge in [0.15, 0.2) is 5.13 Å². The van der Waals surface area contributed by atoms with Gasteiger partial charge in [-0.25, -0.2) is 8.42 Å². The average Bonchev–Trinajstić information content (AvgIpc) is 3.01. The fraction of sp³-hybridized carbons (Fsp3) is 0.294. The lowest BCUT2D eigenvalue weighted by Crippen LogP contribution is -2.20. The summed E-state index contributed by atoms with van der Waals surface area (Å²) in [5, 5.41) is 0.0229. The molecule has 11 heteroatoms. The van der Waals surface area contributed by atoms with Gasteiger partial charge in [0.25, 0.3) is 0 Å². The minimum Gasteiger partial charge on any atom is -0.406 e. The number of hydrogen-bond acceptors (Lipinski definition) is 6. The van der Waals surface area contributed by atoms with Crippen LogP contribution in [0.1, 0.15) is 36.1 Å². The Bertz CT molecular complexity index is 938. The molecule has 0 saturated heterocycles. The molecule has 0 aliphatic rings. The standard InChI is InChI=1S/C17H17F3N2O4S2/c1-3-5-15(23)26-14-10-27-16(21-14)22-28(24,25)13(4-2)11-6-8-12(9-7-11)17(18,19)20/h4,6-10,13H,2-3,5H2,1H3,(H,21,22). The Hall–Kier alpha value is -2.40. The quantitative estimate of drug-likeness (QED) is 0.487. The van der Waals surface area contributed by atoms with Crippen molar-refractivity contribution >= 4 is 32.5 Å². The second-order valence-electron chi connectivity index (χ2n) is 5.64. The maximum Gasteiger partial charge on any atom is 0.416 e. The minimum atomic E-state index is -4.52. The molecule has 1 aromatic carbocycles. The molecule has 0 saturated carbocycles. The van der Waals surface area contributed by atoms with Gasteiger partial charge in [0.05, 0.1) is 10.9 Å². The zero-order chi connectivity index (χ0) is 20.9. The number of carbonyl (C=O) groups is 1. The lowest BCUT2D eigenvalue weighted by molar-refractivity contribution is -0.137. The van der Waals surface area contributed by atoms with Gasteiger partial charge in [-0.2, -0.15) is 18.2 Å². The van der Waals surface area contributed by atoms with E-state index in [1.54, 1.807) is 6.92 Å². The van der Waals surface area contributed by atoms with Crippen LogP contribution in [-0.4, -0.2) is 19.4 Å². The van der Waals surface area contributed by atoms with Gasteiger partial charge in [-0.15, -0.1) is 17.9 Å². The predicted molar refractivity (Wildman–Crippen MR) is 99.6 cm³/mol. The molecule has 0 aliphatic carbocycles. The lowest BCUT2D eigenvalue weighted by Gasteiger charge is -2.15. The normalized spacial score (nSPS) is 13.0. The van der Waals surface area contributed by atoms with Crippen LogP contribution in [0.4, 0.5) is 18.3 Å². The third kappa shape index (κ3) is 5.55. The van der Waals surface area contributed by atoms with Crippen molar-refractivity contribution in [2.45, 2.75) is 31.2 Å². The number of esters is 1. The first-order valence-corrected chi connectivity index (χ1v) is 10.5. The number of nitrogens with zero attached hydrogens (tertiary/aromatic N) is 1. The van der Waals surface area contributed by atoms with E-state index in [1.807, 2.05) is 0 Å². The van der Waals surface area contributed by atoms with Crippen molar-refractivity contribution in [2.75, 3.05) is 4.72 Å². The van der Waals surface area contributed by atoms with Gasteiger partial charge in [-0.05, 0) is 24.1 Å². The number of rotatable bonds is 8. The molecular formula is C17H17F3N2O4S2. The van der Waals surface area contributed by atoms with Crippen LogP contribution >= 0.6 is 11.3 Å². The fourth-order valence-electron chi connectivity index (χ4n) is 2.21. The third-order valence-electron chi connectivity index (χ3n) is 3.50. The molecule has 0 spiro atoms. The maximum absolute atomic E-state index is 12.7. The topological polar surface area (TPSA) is 85.4 Å². The lowest BCUT2D eigenvalue weighted by atomic mass is 10.1. The molecule has 0 amide bonds. The number of thiazole rings is 1. The largest absolute Gasteiger partial charge is 0.416 e. The minimum absolute atomic E-state index is 0.0363. The molecule has 6 nitrogen and oxygen atoms in total. The highest BCUT2D eigenvalue weighted by Crippen LogP contribution is 2.32. The summed E-state index contributed by atoms with van der Waals surface area (Å²) in [7, 11) is -4.09. The summed E-state index contributed by atoms with van der Waals surface area (Å²) in [6.07, 6.45) is -2.63. The summed E-state index contributed by atoms with van der Waals surface area (Å²) in [5.41, 5.74) is -0.774. The molecule has 0 radical (unpaired) electrons. The van der Waals surface area contributed by atoms with E-state index in [2.05, 4.69) is 16.3 Å². The number of sulfonamides is 1. The van der Waals surface area contributed by atoms with Crippen molar-refractivity contribution in [3.8, 4) is 5.88 Å². The summed E-state index contributed by atoms with van der Waals surface area (Å²) in [4.78, 5) is 15.3. The maximum atomic E-state index is 12.7. The number of anilines is 1. The molecule has 2 aromatic rings. The summed E-state index contributed by atoms with van der Waals surface area (Å²) in [5.74, 6) is -0.526. The highest BCUT2D eigenvalue weighted by atomic mass is 32.2. The van der Waals surface area contributed by atoms with Crippen molar-refractivity contribution < 1.29 is 31.1 Å². The monoisotopic (exact) mass is 434 g/mol. The van der Waals surface area contributed by atoms with E-state index in [1.165, 1.54) is 5.38 Å². The molecule has 1 unspecified atom stereocenters. The van der Waals surface area contributed by atoms with Crippen LogP contribution in [0, 0.1) is 0 Å². The molecule has 0 aliphatic heterocycles. The fourth-order valence-corrected chi connectivity index (χ4v) is 4.40. The van der Waals surface area contributed by atoms with E-state index >= 15 is 0 Å². The number of nitrogens with one attached hydrogen (secondary N) is 1. The number of aromatic nitrogens is 1. The van der Waals surface area contributed by atoms with Crippen molar-refractivity contribution in [3.63, 3.8) is 0 Å². The van der Waals surface area contributed by atoms with Crippen molar-refractivity contribution in [3.05, 3.63) is 53.4 Å². The zero-order valence-electron chi connectivity index (χ0n) is 14.7. The van der Waals surface area contributed by atoms with Gasteiger partial charge in [0, 0.05) is 6.42 Å². The summed E-state index contributed by atoms with van der Waals surface area (Å²) in [6.45, 7) is 5.26. The Morgan fingerprint density at radius 2 is 2.00 bits per heavy atom. The molecular weight excluding hydrogens is 417 g/mol. The first-order valence-electron chi connectivity index (χ1n) is 8.04. The first-order chi connectivity index (χ1) is 13.1. The second-order valence-corrected chi connectivity index (χ2v) is 8.30. The van der Waals surface area contributed by atoms with Gasteiger partial charge in [0.1, 0.15) is 5.25 Å². The van der Waals surface area contributed by atoms with Crippen LogP contribution < -0.4 is 9.46 Å². The van der Waals surface area contributed by atoms with Gasteiger partial charge in [-0.1, -0.05) is 25.1 Å². The van der Waals surface area contributed by atoms with Gasteiger partial charge in [0.2, 0.25) is 15.9 Å². The Labute approximate surface area is 164 Å². The number of halogens is 3. The van der Waals surface area contributed by atoms with Crippen LogP contribution in [0.5, 0.6) is 5.88 Å². The Balaban J connectivity index is 2.17. The highest BCUT2D eigenvalue weighted by molar-refractivity contribution is 7.93. The van der Waals surface area contributed by atoms with E-state index in [0.29, 0.717) is 6.42 Å². The summed E-state index contributed by atoms with van der Waals surface area (Å²) >= 11 is 0.904. The van der Waals surface area contributed by atoms with Gasteiger partial charge < -0.3 is 4.74 Å². The van der Waals surface area contributed by atoms with Crippen LogP contribution in [0.15, 0.2) is 42.3 Å². The number of carbonyl (C=O) groups excluding carboxylic acids is 1. The van der Waals surface area contributed by atoms with Crippen molar-refractivity contribution in [1.82, 2.24) is 4.98 Å². The molecule has 0 fully saturated rings. The zero-order valence-corrected chi connectivity index (χ0v) is 16.3. The number of ether oxygens (including phenoxy) is 1. The summed E-state index contributed by atoms with van der Waals surface area (Å²) in [6, 6.07) is 3.76. The number of alkyl halides is 3. The molecule has 28 heavy (non-hydrogen) atoms. The summed E-state index contributed by atoms with van der Waals surface area (Å²) < 4.78 is 70.4. The molecule has 1 heterocycles. The molecule has 2 rings (SSSR count). The molecule has 1 atom stereocenters. The Morgan fingerprint density at radius 3 is 2.54 bits per heavy atom. The van der Waals surface area contributed by atoms with Gasteiger partial charge in [-0.3, -0.25) is 9.52 Å². The molecule has 152 valence electrons. The number of benzene rings is 1. The Morgan fingerprint density at radius 1 is 1.36 bits per heavy atom. The average molecular weight is 434 g/mol. The van der Waals surface area contributed by atoms with E-state index < -0.39 is 33.0 Å². The van der Waals surface area contributed by atoms with Crippen LogP contribution in [0.2, 0.25) is 0 Å². The van der Waals surface area contributed by atoms with Crippen LogP contribution in [0.3, 0.4) is 0 Å². The Kier molecular flexibility index (Phi) is 6.83. The predicted octanol–water partition coefficient (Wildman–Crippen LogP) is 4.54. The third-order valence-corrected chi connectivity index (χ3v) is 5.98. The number of hydrogen-bond donors (Lipinski definition) is 1. The molecule has 0 bridgehead atoms. The van der Waals surface area contributed by atoms with E-state index in [4.69, 9.17) is 4.74 Å². The van der Waals surface area contributed by atoms with Gasteiger partial charge >= 0.3 is 12.1 Å². The van der Waals surface area contributed by atoms with Crippen LogP contribution in [0.25, 0.3) is 0 Å². The van der Waals surface area contributed by atoms with E-state index in [-0.39, 0.29) is 23.0 Å². The van der Waals surface area contributed by atoms with E-state index in [9.17, 15) is 26.4 Å². The molecule has 1 aromatic heterocycles. The first kappa shape index (κ1) is 21.9. The SMILES string of the molecule is C=CC(c1ccc(C(F)(F)F)cc1)S(=O)(=O)Nc1nc(OC(=O)CCC)cs1.